The monoisotopic (exact) mass is 398 g/mol. The largest absolute Gasteiger partial charge is 0.381 e. The van der Waals surface area contributed by atoms with Crippen molar-refractivity contribution < 1.29 is 0 Å². The first kappa shape index (κ1) is 17.3. The Bertz CT molecular complexity index is 1050. The highest BCUT2D eigenvalue weighted by molar-refractivity contribution is 7.21. The van der Waals surface area contributed by atoms with Crippen molar-refractivity contribution in [1.29, 1.82) is 0 Å². The molecule has 130 valence electrons. The fraction of sp³-hybridized carbons (Fsp3) is 0.0952. The third kappa shape index (κ3) is 3.56. The lowest BCUT2D eigenvalue weighted by molar-refractivity contribution is 1.15. The first-order valence-corrected chi connectivity index (χ1v) is 9.82. The van der Waals surface area contributed by atoms with E-state index in [1.807, 2.05) is 18.2 Å². The second-order valence-corrected chi connectivity index (χ2v) is 7.97. The number of hydrogen-bond donors (Lipinski definition) is 1. The molecule has 0 amide bonds. The Balaban J connectivity index is 1.52. The fourth-order valence-corrected chi connectivity index (χ4v) is 4.38. The number of halogens is 2. The van der Waals surface area contributed by atoms with Gasteiger partial charge in [-0.25, -0.2) is 4.98 Å². The third-order valence-corrected chi connectivity index (χ3v) is 5.98. The molecule has 0 fully saturated rings. The molecule has 0 unspecified atom stereocenters. The first-order valence-electron chi connectivity index (χ1n) is 8.24. The summed E-state index contributed by atoms with van der Waals surface area (Å²) in [4.78, 5) is 4.73. The summed E-state index contributed by atoms with van der Waals surface area (Å²) in [5.74, 6) is 0. The number of rotatable bonds is 4. The molecular weight excluding hydrogens is 383 g/mol. The first-order chi connectivity index (χ1) is 12.6. The highest BCUT2D eigenvalue weighted by Crippen LogP contribution is 2.31. The van der Waals surface area contributed by atoms with E-state index in [4.69, 9.17) is 28.2 Å². The summed E-state index contributed by atoms with van der Waals surface area (Å²) < 4.78 is 1.22. The zero-order chi connectivity index (χ0) is 18.1. The molecule has 0 bridgehead atoms. The predicted octanol–water partition coefficient (Wildman–Crippen LogP) is 7.19. The SMILES string of the molecule is Cc1ccc2nc(-c3ccc(NCc4c(Cl)cccc4Cl)cc3)sc2c1. The lowest BCUT2D eigenvalue weighted by Gasteiger charge is -2.10. The molecule has 1 aromatic heterocycles. The van der Waals surface area contributed by atoms with Crippen molar-refractivity contribution in [2.45, 2.75) is 13.5 Å². The zero-order valence-electron chi connectivity index (χ0n) is 14.1. The molecule has 0 spiro atoms. The van der Waals surface area contributed by atoms with E-state index in [1.54, 1.807) is 11.3 Å². The van der Waals surface area contributed by atoms with Crippen LogP contribution in [0.15, 0.2) is 60.7 Å². The van der Waals surface area contributed by atoms with Crippen LogP contribution in [0.3, 0.4) is 0 Å². The number of fused-ring (bicyclic) bond motifs is 1. The number of benzene rings is 3. The van der Waals surface area contributed by atoms with Crippen molar-refractivity contribution in [3.05, 3.63) is 81.8 Å². The smallest absolute Gasteiger partial charge is 0.124 e. The van der Waals surface area contributed by atoms with E-state index in [0.29, 0.717) is 16.6 Å². The fourth-order valence-electron chi connectivity index (χ4n) is 2.78. The van der Waals surface area contributed by atoms with E-state index < -0.39 is 0 Å². The van der Waals surface area contributed by atoms with Crippen LogP contribution in [0.2, 0.25) is 10.0 Å². The number of thiazole rings is 1. The van der Waals surface area contributed by atoms with Crippen molar-refractivity contribution in [3.8, 4) is 10.6 Å². The molecule has 0 saturated heterocycles. The Morgan fingerprint density at radius 2 is 1.69 bits per heavy atom. The van der Waals surface area contributed by atoms with E-state index in [-0.39, 0.29) is 0 Å². The van der Waals surface area contributed by atoms with E-state index in [1.165, 1.54) is 10.3 Å². The van der Waals surface area contributed by atoms with E-state index in [9.17, 15) is 0 Å². The Hall–Kier alpha value is -2.07. The lowest BCUT2D eigenvalue weighted by Crippen LogP contribution is -2.00. The average Bonchev–Trinajstić information content (AvgIpc) is 3.05. The van der Waals surface area contributed by atoms with Crippen molar-refractivity contribution in [2.75, 3.05) is 5.32 Å². The molecule has 26 heavy (non-hydrogen) atoms. The van der Waals surface area contributed by atoms with Crippen LogP contribution in [-0.4, -0.2) is 4.98 Å². The maximum atomic E-state index is 6.22. The van der Waals surface area contributed by atoms with Crippen LogP contribution < -0.4 is 5.32 Å². The Morgan fingerprint density at radius 3 is 2.42 bits per heavy atom. The maximum absolute atomic E-state index is 6.22. The number of anilines is 1. The molecule has 3 aromatic carbocycles. The van der Waals surface area contributed by atoms with Gasteiger partial charge in [0.25, 0.3) is 0 Å². The molecule has 0 atom stereocenters. The molecule has 4 rings (SSSR count). The van der Waals surface area contributed by atoms with Crippen molar-refractivity contribution in [3.63, 3.8) is 0 Å². The van der Waals surface area contributed by atoms with Gasteiger partial charge in [-0.05, 0) is 61.0 Å². The normalized spacial score (nSPS) is 11.0. The van der Waals surface area contributed by atoms with Crippen molar-refractivity contribution in [2.24, 2.45) is 0 Å². The number of nitrogens with zero attached hydrogens (tertiary/aromatic N) is 1. The molecule has 0 saturated carbocycles. The van der Waals surface area contributed by atoms with Crippen LogP contribution in [0.25, 0.3) is 20.8 Å². The molecule has 2 nitrogen and oxygen atoms in total. The van der Waals surface area contributed by atoms with Gasteiger partial charge in [0.1, 0.15) is 5.01 Å². The minimum atomic E-state index is 0.582. The van der Waals surface area contributed by atoms with Gasteiger partial charge in [-0.15, -0.1) is 11.3 Å². The van der Waals surface area contributed by atoms with Gasteiger partial charge in [-0.1, -0.05) is 35.3 Å². The highest BCUT2D eigenvalue weighted by Gasteiger charge is 2.08. The molecule has 1 heterocycles. The van der Waals surface area contributed by atoms with Gasteiger partial charge >= 0.3 is 0 Å². The quantitative estimate of drug-likeness (QED) is 0.393. The van der Waals surface area contributed by atoms with E-state index in [0.717, 1.165) is 27.3 Å². The maximum Gasteiger partial charge on any atom is 0.124 e. The van der Waals surface area contributed by atoms with Crippen LogP contribution in [0.4, 0.5) is 5.69 Å². The minimum Gasteiger partial charge on any atom is -0.381 e. The Labute approximate surface area is 166 Å². The summed E-state index contributed by atoms with van der Waals surface area (Å²) >= 11 is 14.2. The molecule has 0 aliphatic carbocycles. The molecule has 1 N–H and O–H groups in total. The summed E-state index contributed by atoms with van der Waals surface area (Å²) in [6.07, 6.45) is 0. The van der Waals surface area contributed by atoms with Gasteiger partial charge in [0, 0.05) is 33.4 Å². The van der Waals surface area contributed by atoms with Gasteiger partial charge in [-0.2, -0.15) is 0 Å². The second kappa shape index (κ2) is 7.28. The Kier molecular flexibility index (Phi) is 4.86. The summed E-state index contributed by atoms with van der Waals surface area (Å²) in [6.45, 7) is 2.68. The zero-order valence-corrected chi connectivity index (χ0v) is 16.4. The standard InChI is InChI=1S/C21H16Cl2N2S/c1-13-5-10-19-20(11-13)26-21(25-19)14-6-8-15(9-7-14)24-12-16-17(22)3-2-4-18(16)23/h2-11,24H,12H2,1H3. The topological polar surface area (TPSA) is 24.9 Å². The summed E-state index contributed by atoms with van der Waals surface area (Å²) in [5, 5.41) is 5.75. The number of nitrogens with one attached hydrogen (secondary N) is 1. The van der Waals surface area contributed by atoms with Crippen LogP contribution in [0.5, 0.6) is 0 Å². The summed E-state index contributed by atoms with van der Waals surface area (Å²) in [7, 11) is 0. The van der Waals surface area contributed by atoms with Crippen LogP contribution in [-0.2, 0) is 6.54 Å². The number of hydrogen-bond acceptors (Lipinski definition) is 3. The van der Waals surface area contributed by atoms with E-state index in [2.05, 4.69) is 54.7 Å². The van der Waals surface area contributed by atoms with Crippen LogP contribution in [0, 0.1) is 6.92 Å². The van der Waals surface area contributed by atoms with Crippen LogP contribution >= 0.6 is 34.5 Å². The molecule has 0 radical (unpaired) electrons. The predicted molar refractivity (Wildman–Crippen MR) is 114 cm³/mol. The third-order valence-electron chi connectivity index (χ3n) is 4.21. The average molecular weight is 399 g/mol. The second-order valence-electron chi connectivity index (χ2n) is 6.12. The van der Waals surface area contributed by atoms with Gasteiger partial charge in [-0.3, -0.25) is 0 Å². The molecular formula is C21H16Cl2N2S. The van der Waals surface area contributed by atoms with Crippen molar-refractivity contribution >= 4 is 50.4 Å². The highest BCUT2D eigenvalue weighted by atomic mass is 35.5. The Morgan fingerprint density at radius 1 is 0.962 bits per heavy atom. The molecule has 4 aromatic rings. The van der Waals surface area contributed by atoms with Crippen molar-refractivity contribution in [1.82, 2.24) is 4.98 Å². The number of aromatic nitrogens is 1. The van der Waals surface area contributed by atoms with Gasteiger partial charge < -0.3 is 5.32 Å². The van der Waals surface area contributed by atoms with E-state index >= 15 is 0 Å². The molecule has 5 heteroatoms. The molecule has 0 aliphatic heterocycles. The summed E-state index contributed by atoms with van der Waals surface area (Å²) in [6, 6.07) is 20.2. The summed E-state index contributed by atoms with van der Waals surface area (Å²) in [5.41, 5.74) is 5.34. The number of aryl methyl sites for hydroxylation is 1. The molecule has 0 aliphatic rings. The van der Waals surface area contributed by atoms with Crippen LogP contribution in [0.1, 0.15) is 11.1 Å². The van der Waals surface area contributed by atoms with Gasteiger partial charge in [0.15, 0.2) is 0 Å². The van der Waals surface area contributed by atoms with Gasteiger partial charge in [0.05, 0.1) is 10.2 Å². The lowest BCUT2D eigenvalue weighted by atomic mass is 10.2. The minimum absolute atomic E-state index is 0.582. The van der Waals surface area contributed by atoms with Gasteiger partial charge in [0.2, 0.25) is 0 Å².